The Morgan fingerprint density at radius 2 is 1.81 bits per heavy atom. The Hall–Kier alpha value is -1.05. The number of hydrogen-bond acceptors (Lipinski definition) is 1. The predicted octanol–water partition coefficient (Wildman–Crippen LogP) is 3.30. The van der Waals surface area contributed by atoms with Crippen LogP contribution in [0.2, 0.25) is 0 Å². The van der Waals surface area contributed by atoms with Crippen molar-refractivity contribution in [1.29, 1.82) is 0 Å². The van der Waals surface area contributed by atoms with Gasteiger partial charge in [-0.1, -0.05) is 17.2 Å². The van der Waals surface area contributed by atoms with Crippen LogP contribution in [0.3, 0.4) is 0 Å². The zero-order chi connectivity index (χ0) is 12.0. The summed E-state index contributed by atoms with van der Waals surface area (Å²) >= 11 is 0. The molecule has 0 unspecified atom stereocenters. The van der Waals surface area contributed by atoms with Gasteiger partial charge in [0.2, 0.25) is 5.91 Å². The number of rotatable bonds is 4. The normalized spacial score (nSPS) is 16.4. The van der Waals surface area contributed by atoms with Gasteiger partial charge in [-0.25, -0.2) is 0 Å². The number of carbonyl (C=O) groups excluding carboxylic acids is 1. The van der Waals surface area contributed by atoms with E-state index in [1.54, 1.807) is 0 Å². The van der Waals surface area contributed by atoms with E-state index in [2.05, 4.69) is 19.9 Å². The molecule has 0 spiro atoms. The van der Waals surface area contributed by atoms with Crippen molar-refractivity contribution in [2.24, 2.45) is 0 Å². The van der Waals surface area contributed by atoms with Gasteiger partial charge in [0.25, 0.3) is 0 Å². The van der Waals surface area contributed by atoms with Crippen molar-refractivity contribution in [2.75, 3.05) is 13.1 Å². The van der Waals surface area contributed by atoms with E-state index in [9.17, 15) is 4.79 Å². The minimum absolute atomic E-state index is 0.201. The van der Waals surface area contributed by atoms with E-state index in [1.165, 1.54) is 11.1 Å². The standard InChI is InChI=1S/C14H23NO/c1-12(2)7-6-8-13(3)11-14(16)15-9-4-5-10-15/h7,11H,4-6,8-10H2,1-3H3/b13-11+. The van der Waals surface area contributed by atoms with Crippen molar-refractivity contribution < 1.29 is 4.79 Å². The fourth-order valence-corrected chi connectivity index (χ4v) is 1.90. The van der Waals surface area contributed by atoms with E-state index >= 15 is 0 Å². The van der Waals surface area contributed by atoms with Gasteiger partial charge in [-0.3, -0.25) is 4.79 Å². The maximum atomic E-state index is 11.8. The van der Waals surface area contributed by atoms with Crippen molar-refractivity contribution >= 4 is 5.91 Å². The van der Waals surface area contributed by atoms with Crippen LogP contribution in [0.1, 0.15) is 46.5 Å². The summed E-state index contributed by atoms with van der Waals surface area (Å²) in [6, 6.07) is 0. The van der Waals surface area contributed by atoms with Crippen LogP contribution in [0, 0.1) is 0 Å². The number of allylic oxidation sites excluding steroid dienone is 3. The maximum Gasteiger partial charge on any atom is 0.246 e. The lowest BCUT2D eigenvalue weighted by atomic mass is 10.1. The first-order valence-electron chi connectivity index (χ1n) is 6.19. The van der Waals surface area contributed by atoms with Crippen molar-refractivity contribution in [3.05, 3.63) is 23.3 Å². The highest BCUT2D eigenvalue weighted by molar-refractivity contribution is 5.88. The van der Waals surface area contributed by atoms with E-state index < -0.39 is 0 Å². The highest BCUT2D eigenvalue weighted by Crippen LogP contribution is 2.11. The molecule has 1 aliphatic heterocycles. The molecule has 0 saturated carbocycles. The number of likely N-dealkylation sites (tertiary alicyclic amines) is 1. The lowest BCUT2D eigenvalue weighted by molar-refractivity contribution is -0.125. The molecule has 2 nitrogen and oxygen atoms in total. The Morgan fingerprint density at radius 1 is 1.19 bits per heavy atom. The van der Waals surface area contributed by atoms with Crippen LogP contribution in [0.25, 0.3) is 0 Å². The number of carbonyl (C=O) groups is 1. The summed E-state index contributed by atoms with van der Waals surface area (Å²) in [5, 5.41) is 0. The Kier molecular flexibility index (Phi) is 5.30. The van der Waals surface area contributed by atoms with Gasteiger partial charge < -0.3 is 4.90 Å². The predicted molar refractivity (Wildman–Crippen MR) is 68.2 cm³/mol. The van der Waals surface area contributed by atoms with Gasteiger partial charge in [-0.2, -0.15) is 0 Å². The Balaban J connectivity index is 2.36. The first kappa shape index (κ1) is 13.0. The summed E-state index contributed by atoms with van der Waals surface area (Å²) in [5.41, 5.74) is 2.54. The third-order valence-corrected chi connectivity index (χ3v) is 2.88. The summed E-state index contributed by atoms with van der Waals surface area (Å²) in [6.07, 6.45) is 8.39. The molecule has 0 bridgehead atoms. The van der Waals surface area contributed by atoms with Crippen molar-refractivity contribution in [3.63, 3.8) is 0 Å². The first-order valence-corrected chi connectivity index (χ1v) is 6.19. The van der Waals surface area contributed by atoms with Gasteiger partial charge in [0, 0.05) is 19.2 Å². The van der Waals surface area contributed by atoms with Crippen LogP contribution in [0.4, 0.5) is 0 Å². The van der Waals surface area contributed by atoms with Gasteiger partial charge in [-0.15, -0.1) is 0 Å². The minimum Gasteiger partial charge on any atom is -0.339 e. The van der Waals surface area contributed by atoms with Gasteiger partial charge in [0.15, 0.2) is 0 Å². The van der Waals surface area contributed by atoms with E-state index in [1.807, 2.05) is 17.9 Å². The first-order chi connectivity index (χ1) is 7.59. The number of amides is 1. The highest BCUT2D eigenvalue weighted by Gasteiger charge is 2.15. The van der Waals surface area contributed by atoms with Crippen LogP contribution < -0.4 is 0 Å². The average molecular weight is 221 g/mol. The Morgan fingerprint density at radius 3 is 2.38 bits per heavy atom. The SMILES string of the molecule is CC(C)=CCC/C(C)=C/C(=O)N1CCCC1. The van der Waals surface area contributed by atoms with Gasteiger partial charge in [-0.05, 0) is 46.5 Å². The monoisotopic (exact) mass is 221 g/mol. The lowest BCUT2D eigenvalue weighted by Gasteiger charge is -2.12. The molecule has 1 saturated heterocycles. The smallest absolute Gasteiger partial charge is 0.246 e. The third-order valence-electron chi connectivity index (χ3n) is 2.88. The van der Waals surface area contributed by atoms with Crippen molar-refractivity contribution in [2.45, 2.75) is 46.5 Å². The molecular weight excluding hydrogens is 198 g/mol. The summed E-state index contributed by atoms with van der Waals surface area (Å²) in [4.78, 5) is 13.7. The molecule has 1 amide bonds. The lowest BCUT2D eigenvalue weighted by Crippen LogP contribution is -2.25. The molecule has 0 aromatic heterocycles. The molecule has 1 rings (SSSR count). The molecule has 0 radical (unpaired) electrons. The minimum atomic E-state index is 0.201. The molecule has 0 aromatic rings. The van der Waals surface area contributed by atoms with Gasteiger partial charge in [0.05, 0.1) is 0 Å². The highest BCUT2D eigenvalue weighted by atomic mass is 16.2. The molecule has 1 fully saturated rings. The molecule has 16 heavy (non-hydrogen) atoms. The zero-order valence-electron chi connectivity index (χ0n) is 10.8. The number of nitrogens with zero attached hydrogens (tertiary/aromatic N) is 1. The van der Waals surface area contributed by atoms with Gasteiger partial charge >= 0.3 is 0 Å². The Bertz CT molecular complexity index is 292. The third kappa shape index (κ3) is 4.65. The second kappa shape index (κ2) is 6.51. The molecule has 0 N–H and O–H groups in total. The summed E-state index contributed by atoms with van der Waals surface area (Å²) in [5.74, 6) is 0.201. The number of hydrogen-bond donors (Lipinski definition) is 0. The van der Waals surface area contributed by atoms with Crippen LogP contribution in [0.15, 0.2) is 23.3 Å². The molecular formula is C14H23NO. The molecule has 1 aliphatic rings. The van der Waals surface area contributed by atoms with Crippen LogP contribution in [-0.2, 0) is 4.79 Å². The van der Waals surface area contributed by atoms with Crippen LogP contribution >= 0.6 is 0 Å². The van der Waals surface area contributed by atoms with Crippen LogP contribution in [-0.4, -0.2) is 23.9 Å². The van der Waals surface area contributed by atoms with Gasteiger partial charge in [0.1, 0.15) is 0 Å². The zero-order valence-corrected chi connectivity index (χ0v) is 10.8. The van der Waals surface area contributed by atoms with Crippen LogP contribution in [0.5, 0.6) is 0 Å². The fraction of sp³-hybridized carbons (Fsp3) is 0.643. The van der Waals surface area contributed by atoms with Crippen molar-refractivity contribution in [3.8, 4) is 0 Å². The van der Waals surface area contributed by atoms with E-state index in [4.69, 9.17) is 0 Å². The molecule has 90 valence electrons. The topological polar surface area (TPSA) is 20.3 Å². The second-order valence-corrected chi connectivity index (χ2v) is 4.84. The largest absolute Gasteiger partial charge is 0.339 e. The van der Waals surface area contributed by atoms with Crippen molar-refractivity contribution in [1.82, 2.24) is 4.90 Å². The van der Waals surface area contributed by atoms with E-state index in [0.717, 1.165) is 38.8 Å². The summed E-state index contributed by atoms with van der Waals surface area (Å²) < 4.78 is 0. The molecule has 0 aromatic carbocycles. The molecule has 1 heterocycles. The molecule has 2 heteroatoms. The summed E-state index contributed by atoms with van der Waals surface area (Å²) in [7, 11) is 0. The fourth-order valence-electron chi connectivity index (χ4n) is 1.90. The van der Waals surface area contributed by atoms with E-state index in [0.29, 0.717) is 0 Å². The maximum absolute atomic E-state index is 11.8. The molecule has 0 aliphatic carbocycles. The van der Waals surface area contributed by atoms with E-state index in [-0.39, 0.29) is 5.91 Å². The second-order valence-electron chi connectivity index (χ2n) is 4.84. The Labute approximate surface area is 99.0 Å². The summed E-state index contributed by atoms with van der Waals surface area (Å²) in [6.45, 7) is 8.14. The molecule has 0 atom stereocenters. The quantitative estimate of drug-likeness (QED) is 0.527. The average Bonchev–Trinajstić information content (AvgIpc) is 2.69.